The van der Waals surface area contributed by atoms with Gasteiger partial charge in [-0.2, -0.15) is 0 Å². The number of nitrogen functional groups attached to an aromatic ring is 1. The van der Waals surface area contributed by atoms with E-state index in [9.17, 15) is 5.11 Å². The second-order valence-electron chi connectivity index (χ2n) is 6.80. The molecule has 3 rings (SSSR count). The third kappa shape index (κ3) is 3.88. The topological polar surface area (TPSA) is 93.1 Å². The maximum atomic E-state index is 10.4. The maximum Gasteiger partial charge on any atom is 0.206 e. The van der Waals surface area contributed by atoms with Crippen molar-refractivity contribution in [3.8, 4) is 0 Å². The van der Waals surface area contributed by atoms with Crippen LogP contribution in [-0.4, -0.2) is 43.8 Å². The van der Waals surface area contributed by atoms with Crippen molar-refractivity contribution in [3.05, 3.63) is 18.3 Å². The Kier molecular flexibility index (Phi) is 6.02. The number of rotatable bonds is 5. The molecule has 3 aromatic heterocycles. The van der Waals surface area contributed by atoms with Gasteiger partial charge in [-0.05, 0) is 32.4 Å². The predicted octanol–water partition coefficient (Wildman–Crippen LogP) is 3.21. The molecule has 3 N–H and O–H groups in total. The molecular weight excluding hydrogens is 328 g/mol. The fraction of sp³-hybridized carbons (Fsp3) is 0.526. The number of nitrogens with two attached hydrogens (primary N) is 1. The average molecular weight is 358 g/mol. The summed E-state index contributed by atoms with van der Waals surface area (Å²) in [5.74, 6) is 1.15. The van der Waals surface area contributed by atoms with Gasteiger partial charge in [0.2, 0.25) is 5.95 Å². The highest BCUT2D eigenvalue weighted by molar-refractivity contribution is 6.05. The molecule has 3 aromatic rings. The number of hydrogen-bond donors (Lipinski definition) is 2. The summed E-state index contributed by atoms with van der Waals surface area (Å²) in [6.07, 6.45) is 2.73. The Bertz CT molecular complexity index is 881. The predicted molar refractivity (Wildman–Crippen MR) is 108 cm³/mol. The van der Waals surface area contributed by atoms with Gasteiger partial charge in [-0.15, -0.1) is 0 Å². The molecule has 0 aromatic carbocycles. The third-order valence-corrected chi connectivity index (χ3v) is 3.89. The molecule has 7 heteroatoms. The number of aromatic nitrogens is 4. The van der Waals surface area contributed by atoms with Gasteiger partial charge in [-0.25, -0.2) is 9.97 Å². The number of imidazole rings is 1. The Morgan fingerprint density at radius 1 is 1.23 bits per heavy atom. The zero-order valence-corrected chi connectivity index (χ0v) is 16.6. The number of pyridine rings is 2. The first kappa shape index (κ1) is 19.9. The molecule has 0 aliphatic carbocycles. The first-order valence-corrected chi connectivity index (χ1v) is 9.16. The minimum Gasteiger partial charge on any atom is -0.389 e. The SMILES string of the molecule is CC.CCCN(C)c1nc2c(N)nc3cccnc3c2n1CC(C)(C)O. The molecule has 26 heavy (non-hydrogen) atoms. The quantitative estimate of drug-likeness (QED) is 0.727. The van der Waals surface area contributed by atoms with E-state index in [0.717, 1.165) is 35.5 Å². The fourth-order valence-electron chi connectivity index (χ4n) is 2.98. The zero-order chi connectivity index (χ0) is 19.5. The number of nitrogens with zero attached hydrogens (tertiary/aromatic N) is 5. The standard InChI is InChI=1S/C17H24N6O.C2H6/c1-5-9-22(4)16-21-13-14(23(16)10-17(2,3)24)12-11(20-15(13)18)7-6-8-19-12;1-2/h6-8,24H,5,9-10H2,1-4H3,(H2,18,20);1-2H3. The van der Waals surface area contributed by atoms with Crippen LogP contribution in [0.5, 0.6) is 0 Å². The molecule has 0 fully saturated rings. The molecule has 0 saturated heterocycles. The molecule has 0 amide bonds. The summed E-state index contributed by atoms with van der Waals surface area (Å²) >= 11 is 0. The lowest BCUT2D eigenvalue weighted by atomic mass is 10.1. The lowest BCUT2D eigenvalue weighted by molar-refractivity contribution is 0.0631. The van der Waals surface area contributed by atoms with Crippen molar-refractivity contribution in [2.24, 2.45) is 0 Å². The number of hydrogen-bond acceptors (Lipinski definition) is 6. The van der Waals surface area contributed by atoms with Gasteiger partial charge in [0.05, 0.1) is 17.7 Å². The van der Waals surface area contributed by atoms with Gasteiger partial charge in [0.15, 0.2) is 5.82 Å². The van der Waals surface area contributed by atoms with Crippen LogP contribution in [0.4, 0.5) is 11.8 Å². The summed E-state index contributed by atoms with van der Waals surface area (Å²) in [4.78, 5) is 15.7. The highest BCUT2D eigenvalue weighted by Gasteiger charge is 2.24. The van der Waals surface area contributed by atoms with Crippen LogP contribution in [0.15, 0.2) is 18.3 Å². The van der Waals surface area contributed by atoms with E-state index < -0.39 is 5.60 Å². The van der Waals surface area contributed by atoms with Crippen LogP contribution in [0.1, 0.15) is 41.0 Å². The second kappa shape index (κ2) is 7.86. The second-order valence-corrected chi connectivity index (χ2v) is 6.80. The first-order chi connectivity index (χ1) is 12.3. The summed E-state index contributed by atoms with van der Waals surface area (Å²) in [5, 5.41) is 10.4. The number of fused-ring (bicyclic) bond motifs is 3. The van der Waals surface area contributed by atoms with E-state index in [-0.39, 0.29) is 0 Å². The van der Waals surface area contributed by atoms with Gasteiger partial charge < -0.3 is 20.3 Å². The van der Waals surface area contributed by atoms with Crippen molar-refractivity contribution in [2.75, 3.05) is 24.2 Å². The van der Waals surface area contributed by atoms with Crippen LogP contribution in [0.3, 0.4) is 0 Å². The monoisotopic (exact) mass is 358 g/mol. The molecule has 3 heterocycles. The van der Waals surface area contributed by atoms with Gasteiger partial charge in [-0.1, -0.05) is 20.8 Å². The molecule has 0 aliphatic heterocycles. The smallest absolute Gasteiger partial charge is 0.206 e. The zero-order valence-electron chi connectivity index (χ0n) is 16.6. The molecule has 0 aliphatic rings. The van der Waals surface area contributed by atoms with Gasteiger partial charge in [0.1, 0.15) is 16.6 Å². The van der Waals surface area contributed by atoms with Crippen LogP contribution in [0.2, 0.25) is 0 Å². The van der Waals surface area contributed by atoms with E-state index in [1.54, 1.807) is 20.0 Å². The normalized spacial score (nSPS) is 11.5. The Labute approximate surface area is 154 Å². The Balaban J connectivity index is 0.00000117. The number of anilines is 2. The van der Waals surface area contributed by atoms with E-state index in [1.165, 1.54) is 0 Å². The van der Waals surface area contributed by atoms with Crippen molar-refractivity contribution in [1.82, 2.24) is 19.5 Å². The van der Waals surface area contributed by atoms with Crippen molar-refractivity contribution in [1.29, 1.82) is 0 Å². The van der Waals surface area contributed by atoms with Gasteiger partial charge in [-0.3, -0.25) is 4.98 Å². The summed E-state index contributed by atoms with van der Waals surface area (Å²) in [7, 11) is 1.99. The lowest BCUT2D eigenvalue weighted by Gasteiger charge is -2.24. The Morgan fingerprint density at radius 2 is 1.92 bits per heavy atom. The summed E-state index contributed by atoms with van der Waals surface area (Å²) < 4.78 is 2.00. The van der Waals surface area contributed by atoms with Crippen molar-refractivity contribution >= 4 is 33.8 Å². The highest BCUT2D eigenvalue weighted by Crippen LogP contribution is 2.31. The third-order valence-electron chi connectivity index (χ3n) is 3.89. The van der Waals surface area contributed by atoms with Crippen molar-refractivity contribution in [2.45, 2.75) is 53.2 Å². The molecule has 7 nitrogen and oxygen atoms in total. The van der Waals surface area contributed by atoms with Crippen LogP contribution in [-0.2, 0) is 6.54 Å². The molecule has 0 bridgehead atoms. The Morgan fingerprint density at radius 3 is 2.54 bits per heavy atom. The van der Waals surface area contributed by atoms with E-state index in [4.69, 9.17) is 10.7 Å². The average Bonchev–Trinajstić information content (AvgIpc) is 2.96. The minimum atomic E-state index is -0.894. The molecule has 0 saturated carbocycles. The van der Waals surface area contributed by atoms with E-state index >= 15 is 0 Å². The highest BCUT2D eigenvalue weighted by atomic mass is 16.3. The minimum absolute atomic E-state index is 0.381. The molecule has 0 radical (unpaired) electrons. The molecule has 0 unspecified atom stereocenters. The first-order valence-electron chi connectivity index (χ1n) is 9.16. The maximum absolute atomic E-state index is 10.4. The van der Waals surface area contributed by atoms with E-state index in [2.05, 4.69) is 21.8 Å². The lowest BCUT2D eigenvalue weighted by Crippen LogP contribution is -2.29. The summed E-state index contributed by atoms with van der Waals surface area (Å²) in [6, 6.07) is 3.72. The van der Waals surface area contributed by atoms with Crippen LogP contribution < -0.4 is 10.6 Å². The fourth-order valence-corrected chi connectivity index (χ4v) is 2.98. The Hall–Kier alpha value is -2.41. The van der Waals surface area contributed by atoms with Crippen LogP contribution in [0.25, 0.3) is 22.1 Å². The molecule has 0 atom stereocenters. The van der Waals surface area contributed by atoms with Gasteiger partial charge in [0, 0.05) is 19.8 Å². The van der Waals surface area contributed by atoms with Crippen molar-refractivity contribution < 1.29 is 5.11 Å². The van der Waals surface area contributed by atoms with E-state index in [1.807, 2.05) is 37.6 Å². The molecule has 0 spiro atoms. The van der Waals surface area contributed by atoms with E-state index in [0.29, 0.717) is 17.9 Å². The van der Waals surface area contributed by atoms with Crippen LogP contribution >= 0.6 is 0 Å². The number of aliphatic hydroxyl groups is 1. The van der Waals surface area contributed by atoms with Crippen LogP contribution in [0, 0.1) is 0 Å². The summed E-state index contributed by atoms with van der Waals surface area (Å²) in [5.41, 5.74) is 8.17. The molecular formula is C19H30N6O. The van der Waals surface area contributed by atoms with Gasteiger partial charge >= 0.3 is 0 Å². The van der Waals surface area contributed by atoms with Gasteiger partial charge in [0.25, 0.3) is 0 Å². The summed E-state index contributed by atoms with van der Waals surface area (Å²) in [6.45, 7) is 10.9. The largest absolute Gasteiger partial charge is 0.389 e. The van der Waals surface area contributed by atoms with Crippen molar-refractivity contribution in [3.63, 3.8) is 0 Å². The molecule has 142 valence electrons.